The molecule has 23 heavy (non-hydrogen) atoms. The van der Waals surface area contributed by atoms with Gasteiger partial charge in [0.15, 0.2) is 0 Å². The fraction of sp³-hybridized carbons (Fsp3) is 0.312. The van der Waals surface area contributed by atoms with E-state index in [1.807, 2.05) is 19.1 Å². The van der Waals surface area contributed by atoms with Gasteiger partial charge in [-0.2, -0.15) is 0 Å². The summed E-state index contributed by atoms with van der Waals surface area (Å²) in [5.41, 5.74) is 6.85. The van der Waals surface area contributed by atoms with Gasteiger partial charge in [-0.05, 0) is 30.7 Å². The smallest absolute Gasteiger partial charge is 0.254 e. The second kappa shape index (κ2) is 8.93. The molecule has 0 bridgehead atoms. The molecule has 0 aliphatic heterocycles. The summed E-state index contributed by atoms with van der Waals surface area (Å²) in [6.45, 7) is 2.14. The SMILES string of the molecule is COC(c1ccc(Cl)cc1)C(C)NC(=O)c1coc(CN)c1.Cl. The fourth-order valence-electron chi connectivity index (χ4n) is 2.25. The number of nitrogens with one attached hydrogen (secondary N) is 1. The second-order valence-corrected chi connectivity index (χ2v) is 5.41. The highest BCUT2D eigenvalue weighted by atomic mass is 35.5. The lowest BCUT2D eigenvalue weighted by Gasteiger charge is -2.24. The van der Waals surface area contributed by atoms with Crippen molar-refractivity contribution in [1.82, 2.24) is 5.32 Å². The minimum Gasteiger partial charge on any atom is -0.467 e. The van der Waals surface area contributed by atoms with Crippen LogP contribution in [0.25, 0.3) is 0 Å². The van der Waals surface area contributed by atoms with E-state index < -0.39 is 0 Å². The summed E-state index contributed by atoms with van der Waals surface area (Å²) in [5, 5.41) is 3.56. The quantitative estimate of drug-likeness (QED) is 0.830. The van der Waals surface area contributed by atoms with Gasteiger partial charge in [0, 0.05) is 12.1 Å². The number of methoxy groups -OCH3 is 1. The van der Waals surface area contributed by atoms with Crippen molar-refractivity contribution in [2.24, 2.45) is 5.73 Å². The van der Waals surface area contributed by atoms with E-state index in [1.165, 1.54) is 6.26 Å². The Balaban J connectivity index is 0.00000264. The number of hydrogen-bond acceptors (Lipinski definition) is 4. The zero-order valence-electron chi connectivity index (χ0n) is 12.9. The van der Waals surface area contributed by atoms with E-state index in [2.05, 4.69) is 5.32 Å². The first-order chi connectivity index (χ1) is 10.5. The van der Waals surface area contributed by atoms with Crippen molar-refractivity contribution in [2.45, 2.75) is 25.6 Å². The van der Waals surface area contributed by atoms with E-state index in [1.54, 1.807) is 25.3 Å². The van der Waals surface area contributed by atoms with Crippen LogP contribution in [0.1, 0.15) is 34.7 Å². The van der Waals surface area contributed by atoms with Crippen molar-refractivity contribution in [1.29, 1.82) is 0 Å². The highest BCUT2D eigenvalue weighted by molar-refractivity contribution is 6.30. The Morgan fingerprint density at radius 3 is 2.57 bits per heavy atom. The maximum atomic E-state index is 12.2. The normalized spacial score (nSPS) is 13.0. The van der Waals surface area contributed by atoms with Crippen molar-refractivity contribution in [3.8, 4) is 0 Å². The zero-order chi connectivity index (χ0) is 16.1. The first kappa shape index (κ1) is 19.5. The lowest BCUT2D eigenvalue weighted by molar-refractivity contribution is 0.0644. The number of furan rings is 1. The van der Waals surface area contributed by atoms with E-state index in [9.17, 15) is 4.79 Å². The molecule has 0 aliphatic rings. The molecule has 0 radical (unpaired) electrons. The maximum absolute atomic E-state index is 12.2. The van der Waals surface area contributed by atoms with Crippen LogP contribution in [0.2, 0.25) is 5.02 Å². The predicted molar refractivity (Wildman–Crippen MR) is 92.0 cm³/mol. The molecule has 0 aliphatic carbocycles. The lowest BCUT2D eigenvalue weighted by Crippen LogP contribution is -2.37. The molecular formula is C16H20Cl2N2O3. The molecule has 126 valence electrons. The molecule has 7 heteroatoms. The van der Waals surface area contributed by atoms with Crippen LogP contribution in [0, 0.1) is 0 Å². The van der Waals surface area contributed by atoms with Crippen LogP contribution in [0.15, 0.2) is 41.0 Å². The third-order valence-corrected chi connectivity index (χ3v) is 3.63. The van der Waals surface area contributed by atoms with Crippen LogP contribution in [-0.2, 0) is 11.3 Å². The standard InChI is InChI=1S/C16H19ClN2O3.ClH/c1-10(15(21-2)11-3-5-13(17)6-4-11)19-16(20)12-7-14(8-18)22-9-12;/h3-7,9-10,15H,8,18H2,1-2H3,(H,19,20);1H. The number of hydrogen-bond donors (Lipinski definition) is 2. The third kappa shape index (κ3) is 4.97. The Morgan fingerprint density at radius 1 is 1.39 bits per heavy atom. The number of nitrogens with two attached hydrogens (primary N) is 1. The number of amides is 1. The van der Waals surface area contributed by atoms with Gasteiger partial charge in [-0.1, -0.05) is 23.7 Å². The van der Waals surface area contributed by atoms with Gasteiger partial charge in [0.25, 0.3) is 5.91 Å². The molecule has 0 saturated carbocycles. The number of benzene rings is 1. The predicted octanol–water partition coefficient (Wildman–Crippen LogP) is 3.32. The molecule has 0 fully saturated rings. The molecule has 1 heterocycles. The minimum absolute atomic E-state index is 0. The Hall–Kier alpha value is -1.53. The molecular weight excluding hydrogens is 339 g/mol. The molecule has 1 amide bonds. The molecule has 1 aromatic carbocycles. The van der Waals surface area contributed by atoms with E-state index in [-0.39, 0.29) is 37.0 Å². The van der Waals surface area contributed by atoms with Crippen LogP contribution in [0.3, 0.4) is 0 Å². The van der Waals surface area contributed by atoms with Gasteiger partial charge < -0.3 is 20.2 Å². The Kier molecular flexibility index (Phi) is 7.58. The summed E-state index contributed by atoms with van der Waals surface area (Å²) in [5.74, 6) is 0.339. The van der Waals surface area contributed by atoms with Crippen molar-refractivity contribution < 1.29 is 13.9 Å². The second-order valence-electron chi connectivity index (χ2n) is 4.98. The lowest BCUT2D eigenvalue weighted by atomic mass is 10.0. The number of carbonyl (C=O) groups excluding carboxylic acids is 1. The monoisotopic (exact) mass is 358 g/mol. The van der Waals surface area contributed by atoms with Gasteiger partial charge >= 0.3 is 0 Å². The molecule has 0 spiro atoms. The highest BCUT2D eigenvalue weighted by Crippen LogP contribution is 2.22. The third-order valence-electron chi connectivity index (χ3n) is 3.38. The van der Waals surface area contributed by atoms with Crippen molar-refractivity contribution in [2.75, 3.05) is 7.11 Å². The molecule has 5 nitrogen and oxygen atoms in total. The Labute approximate surface area is 146 Å². The average molecular weight is 359 g/mol. The molecule has 2 atom stereocenters. The molecule has 2 unspecified atom stereocenters. The summed E-state index contributed by atoms with van der Waals surface area (Å²) in [7, 11) is 1.60. The zero-order valence-corrected chi connectivity index (χ0v) is 14.5. The summed E-state index contributed by atoms with van der Waals surface area (Å²) in [6, 6.07) is 8.75. The van der Waals surface area contributed by atoms with Crippen LogP contribution in [-0.4, -0.2) is 19.1 Å². The van der Waals surface area contributed by atoms with Crippen LogP contribution in [0.4, 0.5) is 0 Å². The first-order valence-corrected chi connectivity index (χ1v) is 7.29. The fourth-order valence-corrected chi connectivity index (χ4v) is 2.38. The molecule has 1 aromatic heterocycles. The highest BCUT2D eigenvalue weighted by Gasteiger charge is 2.22. The van der Waals surface area contributed by atoms with Crippen LogP contribution < -0.4 is 11.1 Å². The number of rotatable bonds is 6. The number of carbonyl (C=O) groups is 1. The summed E-state index contributed by atoms with van der Waals surface area (Å²) < 4.78 is 10.7. The summed E-state index contributed by atoms with van der Waals surface area (Å²) in [4.78, 5) is 12.2. The van der Waals surface area contributed by atoms with E-state index in [0.717, 1.165) is 5.56 Å². The van der Waals surface area contributed by atoms with Crippen molar-refractivity contribution in [3.63, 3.8) is 0 Å². The molecule has 2 aromatic rings. The van der Waals surface area contributed by atoms with Gasteiger partial charge in [0.05, 0.1) is 18.2 Å². The molecule has 3 N–H and O–H groups in total. The summed E-state index contributed by atoms with van der Waals surface area (Å²) >= 11 is 5.89. The van der Waals surface area contributed by atoms with E-state index >= 15 is 0 Å². The summed E-state index contributed by atoms with van der Waals surface area (Å²) in [6.07, 6.45) is 1.12. The van der Waals surface area contributed by atoms with Gasteiger partial charge in [-0.25, -0.2) is 0 Å². The Morgan fingerprint density at radius 2 is 2.04 bits per heavy atom. The Bertz CT molecular complexity index is 629. The largest absolute Gasteiger partial charge is 0.467 e. The van der Waals surface area contributed by atoms with Crippen LogP contribution >= 0.6 is 24.0 Å². The minimum atomic E-state index is -0.276. The van der Waals surface area contributed by atoms with Crippen molar-refractivity contribution >= 4 is 29.9 Å². The maximum Gasteiger partial charge on any atom is 0.254 e. The molecule has 0 saturated heterocycles. The first-order valence-electron chi connectivity index (χ1n) is 6.91. The van der Waals surface area contributed by atoms with Crippen LogP contribution in [0.5, 0.6) is 0 Å². The van der Waals surface area contributed by atoms with Gasteiger partial charge in [-0.3, -0.25) is 4.79 Å². The van der Waals surface area contributed by atoms with Gasteiger partial charge in [-0.15, -0.1) is 12.4 Å². The van der Waals surface area contributed by atoms with E-state index in [0.29, 0.717) is 16.3 Å². The number of ether oxygens (including phenoxy) is 1. The van der Waals surface area contributed by atoms with Gasteiger partial charge in [0.1, 0.15) is 18.1 Å². The topological polar surface area (TPSA) is 77.5 Å². The average Bonchev–Trinajstić information content (AvgIpc) is 2.99. The van der Waals surface area contributed by atoms with Crippen molar-refractivity contribution in [3.05, 3.63) is 58.5 Å². The molecule has 2 rings (SSSR count). The van der Waals surface area contributed by atoms with Gasteiger partial charge in [0.2, 0.25) is 0 Å². The number of halogens is 2. The van der Waals surface area contributed by atoms with E-state index in [4.69, 9.17) is 26.5 Å².